The molecule has 0 aliphatic rings. The van der Waals surface area contributed by atoms with Crippen LogP contribution in [0, 0.1) is 5.82 Å². The molecule has 1 aromatic heterocycles. The average molecular weight is 373 g/mol. The molecule has 0 bridgehead atoms. The average Bonchev–Trinajstić information content (AvgIpc) is 3.21. The molecule has 0 aliphatic heterocycles. The molecule has 0 spiro atoms. The van der Waals surface area contributed by atoms with E-state index in [0.29, 0.717) is 0 Å². The summed E-state index contributed by atoms with van der Waals surface area (Å²) in [5, 5.41) is 11.6. The molecule has 28 heavy (non-hydrogen) atoms. The van der Waals surface area contributed by atoms with Crippen molar-refractivity contribution in [3.05, 3.63) is 96.1 Å². The molecule has 4 aromatic rings. The molecule has 0 amide bonds. The number of oxime groups is 1. The lowest BCUT2D eigenvalue weighted by molar-refractivity contribution is 0.112. The first kappa shape index (κ1) is 17.6. The van der Waals surface area contributed by atoms with Crippen LogP contribution in [-0.4, -0.2) is 16.4 Å². The van der Waals surface area contributed by atoms with Gasteiger partial charge in [0, 0.05) is 0 Å². The van der Waals surface area contributed by atoms with Crippen LogP contribution in [0.25, 0.3) is 22.6 Å². The monoisotopic (exact) mass is 373 g/mol. The standard InChI is InChI=1S/C22H16FN3O2/c23-20-13-18(17-9-5-2-6-10-17)11-12-19(20)22-26-25-21(28-22)15-27-24-14-16-7-3-1-4-8-16/h1-14H,15H2. The van der Waals surface area contributed by atoms with Crippen molar-refractivity contribution in [2.75, 3.05) is 0 Å². The van der Waals surface area contributed by atoms with Gasteiger partial charge in [-0.15, -0.1) is 10.2 Å². The Kier molecular flexibility index (Phi) is 5.20. The molecule has 0 radical (unpaired) electrons. The first-order valence-electron chi connectivity index (χ1n) is 8.68. The first-order chi connectivity index (χ1) is 13.8. The third kappa shape index (κ3) is 4.12. The molecule has 3 aromatic carbocycles. The van der Waals surface area contributed by atoms with Crippen molar-refractivity contribution < 1.29 is 13.6 Å². The molecular weight excluding hydrogens is 357 g/mol. The maximum Gasteiger partial charge on any atom is 0.257 e. The fourth-order valence-electron chi connectivity index (χ4n) is 2.65. The number of rotatable bonds is 6. The van der Waals surface area contributed by atoms with Crippen molar-refractivity contribution in [2.24, 2.45) is 5.16 Å². The highest BCUT2D eigenvalue weighted by molar-refractivity contribution is 5.78. The van der Waals surface area contributed by atoms with Gasteiger partial charge in [0.15, 0.2) is 6.61 Å². The number of hydrogen-bond donors (Lipinski definition) is 0. The number of benzene rings is 3. The highest BCUT2D eigenvalue weighted by Gasteiger charge is 2.14. The van der Waals surface area contributed by atoms with E-state index in [0.717, 1.165) is 16.7 Å². The smallest absolute Gasteiger partial charge is 0.257 e. The SMILES string of the molecule is Fc1cc(-c2ccccc2)ccc1-c1nnc(CON=Cc2ccccc2)o1. The van der Waals surface area contributed by atoms with Gasteiger partial charge in [0.2, 0.25) is 0 Å². The van der Waals surface area contributed by atoms with Crippen molar-refractivity contribution in [3.8, 4) is 22.6 Å². The van der Waals surface area contributed by atoms with Crippen molar-refractivity contribution in [1.82, 2.24) is 10.2 Å². The quantitative estimate of drug-likeness (QED) is 0.349. The van der Waals surface area contributed by atoms with Crippen LogP contribution in [0.5, 0.6) is 0 Å². The predicted octanol–water partition coefficient (Wildman–Crippen LogP) is 5.09. The third-order valence-corrected chi connectivity index (χ3v) is 4.04. The van der Waals surface area contributed by atoms with Crippen LogP contribution in [0.4, 0.5) is 4.39 Å². The Hall–Kier alpha value is -3.80. The minimum Gasteiger partial charge on any atom is -0.417 e. The Labute approximate surface area is 161 Å². The number of halogens is 1. The van der Waals surface area contributed by atoms with E-state index in [1.54, 1.807) is 12.3 Å². The van der Waals surface area contributed by atoms with E-state index in [1.165, 1.54) is 6.07 Å². The summed E-state index contributed by atoms with van der Waals surface area (Å²) in [4.78, 5) is 5.16. The van der Waals surface area contributed by atoms with E-state index in [2.05, 4.69) is 15.4 Å². The fraction of sp³-hybridized carbons (Fsp3) is 0.0455. The molecule has 0 saturated carbocycles. The second-order valence-corrected chi connectivity index (χ2v) is 5.98. The van der Waals surface area contributed by atoms with Gasteiger partial charge in [0.05, 0.1) is 11.8 Å². The summed E-state index contributed by atoms with van der Waals surface area (Å²) in [5.41, 5.74) is 2.87. The molecular formula is C22H16FN3O2. The minimum atomic E-state index is -0.431. The maximum atomic E-state index is 14.5. The predicted molar refractivity (Wildman–Crippen MR) is 104 cm³/mol. The van der Waals surface area contributed by atoms with Crippen LogP contribution in [0.2, 0.25) is 0 Å². The van der Waals surface area contributed by atoms with Crippen molar-refractivity contribution in [2.45, 2.75) is 6.61 Å². The maximum absolute atomic E-state index is 14.5. The van der Waals surface area contributed by atoms with Crippen LogP contribution in [0.15, 0.2) is 88.4 Å². The van der Waals surface area contributed by atoms with Crippen molar-refractivity contribution >= 4 is 6.21 Å². The zero-order chi connectivity index (χ0) is 19.2. The van der Waals surface area contributed by atoms with E-state index >= 15 is 0 Å². The van der Waals surface area contributed by atoms with Crippen LogP contribution in [-0.2, 0) is 11.4 Å². The number of aromatic nitrogens is 2. The summed E-state index contributed by atoms with van der Waals surface area (Å²) in [5.74, 6) is -0.117. The summed E-state index contributed by atoms with van der Waals surface area (Å²) in [6, 6.07) is 24.0. The van der Waals surface area contributed by atoms with Gasteiger partial charge in [-0.05, 0) is 28.8 Å². The first-order valence-corrected chi connectivity index (χ1v) is 8.68. The molecule has 1 heterocycles. The van der Waals surface area contributed by atoms with Crippen LogP contribution in [0.1, 0.15) is 11.5 Å². The normalized spacial score (nSPS) is 11.0. The second kappa shape index (κ2) is 8.26. The fourth-order valence-corrected chi connectivity index (χ4v) is 2.65. The number of nitrogens with zero attached hydrogens (tertiary/aromatic N) is 3. The van der Waals surface area contributed by atoms with Gasteiger partial charge in [0.1, 0.15) is 5.82 Å². The van der Waals surface area contributed by atoms with Gasteiger partial charge in [-0.1, -0.05) is 71.9 Å². The zero-order valence-electron chi connectivity index (χ0n) is 14.8. The number of hydrogen-bond acceptors (Lipinski definition) is 5. The molecule has 0 atom stereocenters. The lowest BCUT2D eigenvalue weighted by Crippen LogP contribution is -1.88. The van der Waals surface area contributed by atoms with Gasteiger partial charge in [0.25, 0.3) is 11.8 Å². The molecule has 6 heteroatoms. The lowest BCUT2D eigenvalue weighted by Gasteiger charge is -2.04. The molecule has 0 unspecified atom stereocenters. The Morgan fingerprint density at radius 3 is 2.39 bits per heavy atom. The highest BCUT2D eigenvalue weighted by atomic mass is 19.1. The van der Waals surface area contributed by atoms with E-state index in [4.69, 9.17) is 9.25 Å². The summed E-state index contributed by atoms with van der Waals surface area (Å²) < 4.78 is 20.0. The van der Waals surface area contributed by atoms with Crippen LogP contribution in [0.3, 0.4) is 0 Å². The molecule has 5 nitrogen and oxygen atoms in total. The van der Waals surface area contributed by atoms with Gasteiger partial charge in [-0.2, -0.15) is 0 Å². The molecule has 0 aliphatic carbocycles. The van der Waals surface area contributed by atoms with Gasteiger partial charge < -0.3 is 9.25 Å². The second-order valence-electron chi connectivity index (χ2n) is 5.98. The third-order valence-electron chi connectivity index (χ3n) is 4.04. The van der Waals surface area contributed by atoms with E-state index < -0.39 is 5.82 Å². The lowest BCUT2D eigenvalue weighted by atomic mass is 10.0. The Balaban J connectivity index is 1.43. The summed E-state index contributed by atoms with van der Waals surface area (Å²) in [6.45, 7) is 0.0000511. The zero-order valence-corrected chi connectivity index (χ0v) is 14.8. The van der Waals surface area contributed by atoms with E-state index in [9.17, 15) is 4.39 Å². The Morgan fingerprint density at radius 1 is 0.893 bits per heavy atom. The van der Waals surface area contributed by atoms with Crippen molar-refractivity contribution in [1.29, 1.82) is 0 Å². The van der Waals surface area contributed by atoms with E-state index in [-0.39, 0.29) is 24.0 Å². The van der Waals surface area contributed by atoms with E-state index in [1.807, 2.05) is 66.7 Å². The summed E-state index contributed by atoms with van der Waals surface area (Å²) in [6.07, 6.45) is 1.58. The highest BCUT2D eigenvalue weighted by Crippen LogP contribution is 2.27. The van der Waals surface area contributed by atoms with Gasteiger partial charge in [-0.25, -0.2) is 4.39 Å². The Bertz CT molecular complexity index is 1080. The largest absolute Gasteiger partial charge is 0.417 e. The van der Waals surface area contributed by atoms with Crippen LogP contribution >= 0.6 is 0 Å². The molecule has 0 N–H and O–H groups in total. The minimum absolute atomic E-state index is 0.0000511. The molecule has 4 rings (SSSR count). The molecule has 0 saturated heterocycles. The molecule has 138 valence electrons. The van der Waals surface area contributed by atoms with Gasteiger partial charge >= 0.3 is 0 Å². The Morgan fingerprint density at radius 2 is 1.64 bits per heavy atom. The van der Waals surface area contributed by atoms with Crippen LogP contribution < -0.4 is 0 Å². The summed E-state index contributed by atoms with van der Waals surface area (Å²) in [7, 11) is 0. The molecule has 0 fully saturated rings. The van der Waals surface area contributed by atoms with Gasteiger partial charge in [-0.3, -0.25) is 0 Å². The van der Waals surface area contributed by atoms with Crippen molar-refractivity contribution in [3.63, 3.8) is 0 Å². The topological polar surface area (TPSA) is 60.5 Å². The summed E-state index contributed by atoms with van der Waals surface area (Å²) >= 11 is 0.